The Kier molecular flexibility index (Phi) is 9.40. The summed E-state index contributed by atoms with van der Waals surface area (Å²) < 4.78 is 2.50. The predicted octanol–water partition coefficient (Wildman–Crippen LogP) is 14.5. The summed E-state index contributed by atoms with van der Waals surface area (Å²) in [5.74, 6) is -0.0144. The highest BCUT2D eigenvalue weighted by atomic mass is 32.2. The van der Waals surface area contributed by atoms with E-state index >= 15 is 0 Å². The molecule has 0 saturated heterocycles. The molecule has 6 heterocycles. The zero-order valence-electron chi connectivity index (χ0n) is 43.4. The van der Waals surface area contributed by atoms with Crippen LogP contribution in [0.2, 0.25) is 0 Å². The number of aromatic nitrogens is 1. The lowest BCUT2D eigenvalue weighted by Gasteiger charge is -2.51. The first-order valence-corrected chi connectivity index (χ1v) is 28.7. The molecule has 0 amide bonds. The van der Waals surface area contributed by atoms with Gasteiger partial charge in [-0.1, -0.05) is 187 Å². The molecule has 12 aromatic rings. The van der Waals surface area contributed by atoms with E-state index < -0.39 is 0 Å². The predicted molar refractivity (Wildman–Crippen MR) is 336 cm³/mol. The van der Waals surface area contributed by atoms with Gasteiger partial charge in [-0.3, -0.25) is 0 Å². The number of para-hydroxylation sites is 8. The van der Waals surface area contributed by atoms with Crippen molar-refractivity contribution < 1.29 is 0 Å². The van der Waals surface area contributed by atoms with E-state index in [-0.39, 0.29) is 25.4 Å². The standard InChI is InChI=1S/C72H47B2N5S/c1-6-24-46(25-7-1)75-57-38-20-16-34-51(57)67-62(75)44-64-69-71(67)78(49-30-12-4-13-31-49)60-43-61-56(42-55(60)73(69)53-36-18-22-40-59(53)77(64)48-28-10-3-11-29-48)74-54-37-19-23-41-65(54)80-66-45-63-68(72(70(66)74)79(61)50-32-14-5-15-33-50)52-35-17-21-39-58(52)76(63)47-26-8-2-9-27-47/h1-45,62,67H. The van der Waals surface area contributed by atoms with Crippen molar-refractivity contribution in [2.24, 2.45) is 0 Å². The molecule has 2 atom stereocenters. The number of benzene rings is 11. The van der Waals surface area contributed by atoms with Crippen LogP contribution in [0, 0.1) is 0 Å². The number of fused-ring (bicyclic) bond motifs is 16. The lowest BCUT2D eigenvalue weighted by atomic mass is 9.29. The van der Waals surface area contributed by atoms with Crippen molar-refractivity contribution >= 4 is 125 Å². The number of hydrogen-bond donors (Lipinski definition) is 0. The van der Waals surface area contributed by atoms with Gasteiger partial charge in [0.05, 0.1) is 28.7 Å². The third-order valence-electron chi connectivity index (χ3n) is 17.9. The van der Waals surface area contributed by atoms with E-state index in [9.17, 15) is 0 Å². The molecule has 5 nitrogen and oxygen atoms in total. The smallest absolute Gasteiger partial charge is 0.251 e. The summed E-state index contributed by atoms with van der Waals surface area (Å²) >= 11 is 1.92. The van der Waals surface area contributed by atoms with Gasteiger partial charge >= 0.3 is 0 Å². The van der Waals surface area contributed by atoms with Gasteiger partial charge in [-0.05, 0) is 136 Å². The van der Waals surface area contributed by atoms with Crippen LogP contribution in [0.3, 0.4) is 0 Å². The Morgan fingerprint density at radius 2 is 0.925 bits per heavy atom. The molecule has 0 N–H and O–H groups in total. The SMILES string of the molecule is C1=C2C3=C(C4c5ccccc5N(c5ccccc5)C14)N(c1ccccc1)c1cc4c(cc1B3c1ccccc1N2c1ccccc1)B1c2ccccc2Sc2cc3c(c(c21)N4c1ccccc1)c1ccccc1n3-c1ccccc1. The highest BCUT2D eigenvalue weighted by Crippen LogP contribution is 2.59. The number of nitrogens with zero attached hydrogens (tertiary/aromatic N) is 5. The topological polar surface area (TPSA) is 17.9 Å². The average molecular weight is 1040 g/mol. The molecular weight excluding hydrogens is 989 g/mol. The van der Waals surface area contributed by atoms with E-state index in [1.165, 1.54) is 115 Å². The highest BCUT2D eigenvalue weighted by molar-refractivity contribution is 8.00. The first kappa shape index (κ1) is 44.4. The Morgan fingerprint density at radius 3 is 1.65 bits per heavy atom. The summed E-state index contributed by atoms with van der Waals surface area (Å²) in [6.45, 7) is -0.134. The lowest BCUT2D eigenvalue weighted by molar-refractivity contribution is 0.682. The summed E-state index contributed by atoms with van der Waals surface area (Å²) in [6, 6.07) is 100. The van der Waals surface area contributed by atoms with E-state index in [0.29, 0.717) is 0 Å². The minimum Gasteiger partial charge on any atom is -0.333 e. The van der Waals surface area contributed by atoms with E-state index in [0.717, 1.165) is 22.7 Å². The van der Waals surface area contributed by atoms with Crippen LogP contribution in [0.25, 0.3) is 27.5 Å². The first-order valence-electron chi connectivity index (χ1n) is 27.9. The second-order valence-electron chi connectivity index (χ2n) is 21.9. The van der Waals surface area contributed by atoms with Crippen molar-refractivity contribution in [3.63, 3.8) is 0 Å². The maximum absolute atomic E-state index is 2.70. The third kappa shape index (κ3) is 6.06. The van der Waals surface area contributed by atoms with Crippen LogP contribution in [0.4, 0.5) is 51.2 Å². The van der Waals surface area contributed by atoms with Crippen LogP contribution < -0.4 is 46.9 Å². The second-order valence-corrected chi connectivity index (χ2v) is 22.9. The molecule has 1 aliphatic carbocycles. The summed E-state index contributed by atoms with van der Waals surface area (Å²) in [5.41, 5.74) is 26.2. The van der Waals surface area contributed by atoms with Crippen molar-refractivity contribution in [1.82, 2.24) is 4.57 Å². The van der Waals surface area contributed by atoms with Crippen LogP contribution in [0.15, 0.2) is 300 Å². The fourth-order valence-electron chi connectivity index (χ4n) is 14.9. The highest BCUT2D eigenvalue weighted by Gasteiger charge is 2.55. The number of hydrogen-bond acceptors (Lipinski definition) is 5. The van der Waals surface area contributed by atoms with Crippen LogP contribution in [-0.2, 0) is 0 Å². The Morgan fingerprint density at radius 1 is 0.375 bits per heavy atom. The number of allylic oxidation sites excluding steroid dienone is 1. The van der Waals surface area contributed by atoms with E-state index in [4.69, 9.17) is 0 Å². The molecule has 8 heteroatoms. The molecule has 0 spiro atoms. The minimum atomic E-state index is -0.0860. The maximum Gasteiger partial charge on any atom is 0.251 e. The van der Waals surface area contributed by atoms with Gasteiger partial charge in [0.25, 0.3) is 6.71 Å². The first-order chi connectivity index (χ1) is 39.8. The quantitative estimate of drug-likeness (QED) is 0.159. The lowest BCUT2D eigenvalue weighted by Crippen LogP contribution is -2.63. The monoisotopic (exact) mass is 1040 g/mol. The molecule has 18 rings (SSSR count). The number of rotatable bonds is 5. The summed E-state index contributed by atoms with van der Waals surface area (Å²) in [6.07, 6.45) is 2.63. The fourth-order valence-corrected chi connectivity index (χ4v) is 16.1. The maximum atomic E-state index is 2.70. The van der Waals surface area contributed by atoms with Crippen molar-refractivity contribution in [2.45, 2.75) is 21.8 Å². The zero-order valence-corrected chi connectivity index (χ0v) is 44.3. The van der Waals surface area contributed by atoms with Gasteiger partial charge in [-0.2, -0.15) is 0 Å². The molecule has 2 unspecified atom stereocenters. The Hall–Kier alpha value is -9.62. The van der Waals surface area contributed by atoms with Crippen LogP contribution in [-0.4, -0.2) is 24.0 Å². The van der Waals surface area contributed by atoms with Gasteiger partial charge in [0, 0.05) is 83.1 Å². The molecule has 0 bridgehead atoms. The summed E-state index contributed by atoms with van der Waals surface area (Å²) in [7, 11) is 0. The van der Waals surface area contributed by atoms with Crippen LogP contribution >= 0.6 is 11.8 Å². The molecule has 0 fully saturated rings. The third-order valence-corrected chi connectivity index (χ3v) is 19.0. The van der Waals surface area contributed by atoms with Gasteiger partial charge in [0.2, 0.25) is 6.71 Å². The summed E-state index contributed by atoms with van der Waals surface area (Å²) in [4.78, 5) is 13.1. The Bertz CT molecular complexity index is 4620. The van der Waals surface area contributed by atoms with Gasteiger partial charge in [-0.15, -0.1) is 0 Å². The molecular formula is C72H47B2N5S. The van der Waals surface area contributed by atoms with Gasteiger partial charge in [0.15, 0.2) is 0 Å². The minimum absolute atomic E-state index is 0.0144. The van der Waals surface area contributed by atoms with Crippen LogP contribution in [0.5, 0.6) is 0 Å². The van der Waals surface area contributed by atoms with Gasteiger partial charge in [-0.25, -0.2) is 0 Å². The van der Waals surface area contributed by atoms with Crippen LogP contribution in [0.1, 0.15) is 11.5 Å². The second kappa shape index (κ2) is 16.9. The Labute approximate surface area is 469 Å². The van der Waals surface area contributed by atoms with Gasteiger partial charge in [0.1, 0.15) is 0 Å². The zero-order chi connectivity index (χ0) is 52.2. The van der Waals surface area contributed by atoms with E-state index in [1.54, 1.807) is 0 Å². The van der Waals surface area contributed by atoms with Crippen molar-refractivity contribution in [1.29, 1.82) is 0 Å². The molecule has 0 saturated carbocycles. The largest absolute Gasteiger partial charge is 0.333 e. The molecule has 6 aliphatic rings. The molecule has 372 valence electrons. The normalized spacial score (nSPS) is 16.8. The van der Waals surface area contributed by atoms with E-state index in [1.807, 2.05) is 11.8 Å². The Balaban J connectivity index is 0.990. The molecule has 11 aromatic carbocycles. The van der Waals surface area contributed by atoms with Crippen molar-refractivity contribution in [3.05, 3.63) is 295 Å². The fraction of sp³-hybridized carbons (Fsp3) is 0.0278. The molecule has 1 aromatic heterocycles. The van der Waals surface area contributed by atoms with Crippen molar-refractivity contribution in [2.75, 3.05) is 19.6 Å². The summed E-state index contributed by atoms with van der Waals surface area (Å²) in [5, 5.41) is 2.51. The molecule has 80 heavy (non-hydrogen) atoms. The van der Waals surface area contributed by atoms with E-state index in [2.05, 4.69) is 297 Å². The molecule has 5 aliphatic heterocycles. The van der Waals surface area contributed by atoms with Gasteiger partial charge < -0.3 is 24.2 Å². The van der Waals surface area contributed by atoms with Crippen molar-refractivity contribution in [3.8, 4) is 5.69 Å². The molecule has 0 radical (unpaired) electrons. The number of anilines is 9. The average Bonchev–Trinajstić information content (AvgIpc) is 4.14.